The van der Waals surface area contributed by atoms with Crippen LogP contribution < -0.4 is 5.19 Å². The van der Waals surface area contributed by atoms with Gasteiger partial charge in [0.05, 0.1) is 19.2 Å². The number of halogens is 3. The summed E-state index contributed by atoms with van der Waals surface area (Å²) in [5.74, 6) is -1.18. The first-order valence-corrected chi connectivity index (χ1v) is 8.48. The van der Waals surface area contributed by atoms with Crippen molar-refractivity contribution in [2.45, 2.75) is 25.8 Å². The number of alkyl halides is 3. The lowest BCUT2D eigenvalue weighted by Gasteiger charge is -2.21. The number of carboxylic acids is 1. The molecule has 0 aliphatic carbocycles. The minimum Gasteiger partial charge on any atom is -0.478 e. The fourth-order valence-electron chi connectivity index (χ4n) is 1.53. The van der Waals surface area contributed by atoms with Crippen LogP contribution in [-0.4, -0.2) is 19.1 Å². The predicted molar refractivity (Wildman–Crippen MR) is 61.4 cm³/mol. The first-order valence-electron chi connectivity index (χ1n) is 4.98. The molecular formula is C11H13F3O2Si. The Morgan fingerprint density at radius 1 is 1.24 bits per heavy atom. The van der Waals surface area contributed by atoms with Crippen molar-refractivity contribution in [3.8, 4) is 0 Å². The number of hydrogen-bond donors (Lipinski definition) is 1. The van der Waals surface area contributed by atoms with Gasteiger partial charge >= 0.3 is 12.1 Å². The summed E-state index contributed by atoms with van der Waals surface area (Å²) in [4.78, 5) is 11.0. The first-order chi connectivity index (χ1) is 7.53. The van der Waals surface area contributed by atoms with Crippen molar-refractivity contribution in [1.29, 1.82) is 0 Å². The average Bonchev–Trinajstić information content (AvgIpc) is 2.14. The van der Waals surface area contributed by atoms with Gasteiger partial charge in [0, 0.05) is 0 Å². The molecule has 0 aliphatic heterocycles. The van der Waals surface area contributed by atoms with Crippen LogP contribution in [0.5, 0.6) is 0 Å². The highest BCUT2D eigenvalue weighted by Gasteiger charge is 2.33. The summed E-state index contributed by atoms with van der Waals surface area (Å²) in [7, 11) is -2.13. The second-order valence-electron chi connectivity index (χ2n) is 4.81. The Balaban J connectivity index is 3.46. The molecule has 6 heteroatoms. The number of aromatic carboxylic acids is 1. The fraction of sp³-hybridized carbons (Fsp3) is 0.364. The van der Waals surface area contributed by atoms with Gasteiger partial charge in [0.2, 0.25) is 0 Å². The molecule has 0 aromatic heterocycles. The van der Waals surface area contributed by atoms with Crippen LogP contribution >= 0.6 is 0 Å². The highest BCUT2D eigenvalue weighted by molar-refractivity contribution is 6.89. The Morgan fingerprint density at radius 3 is 2.12 bits per heavy atom. The van der Waals surface area contributed by atoms with Crippen molar-refractivity contribution >= 4 is 19.2 Å². The molecule has 0 fully saturated rings. The van der Waals surface area contributed by atoms with Crippen molar-refractivity contribution < 1.29 is 23.1 Å². The van der Waals surface area contributed by atoms with E-state index in [4.69, 9.17) is 5.11 Å². The van der Waals surface area contributed by atoms with Gasteiger partial charge in [-0.25, -0.2) is 4.79 Å². The van der Waals surface area contributed by atoms with Crippen LogP contribution in [-0.2, 0) is 6.18 Å². The SMILES string of the molecule is C[Si](C)(C)c1cc(C(F)(F)F)ccc1C(=O)O. The minimum atomic E-state index is -4.44. The smallest absolute Gasteiger partial charge is 0.416 e. The maximum atomic E-state index is 12.6. The van der Waals surface area contributed by atoms with Crippen LogP contribution in [0.25, 0.3) is 0 Å². The molecular weight excluding hydrogens is 249 g/mol. The van der Waals surface area contributed by atoms with Crippen LogP contribution in [0, 0.1) is 0 Å². The molecule has 17 heavy (non-hydrogen) atoms. The van der Waals surface area contributed by atoms with Gasteiger partial charge in [-0.1, -0.05) is 19.6 Å². The molecule has 0 saturated heterocycles. The number of carbonyl (C=O) groups is 1. The monoisotopic (exact) mass is 262 g/mol. The topological polar surface area (TPSA) is 37.3 Å². The molecule has 0 amide bonds. The number of rotatable bonds is 2. The zero-order valence-corrected chi connectivity index (χ0v) is 10.7. The zero-order valence-electron chi connectivity index (χ0n) is 9.72. The molecule has 1 aromatic rings. The fourth-order valence-corrected chi connectivity index (χ4v) is 3.11. The van der Waals surface area contributed by atoms with Crippen LogP contribution in [0.3, 0.4) is 0 Å². The van der Waals surface area contributed by atoms with E-state index in [1.165, 1.54) is 0 Å². The minimum absolute atomic E-state index is 0.0304. The molecule has 94 valence electrons. The Hall–Kier alpha value is -1.30. The van der Waals surface area contributed by atoms with Crippen LogP contribution in [0.15, 0.2) is 18.2 Å². The summed E-state index contributed by atoms with van der Waals surface area (Å²) >= 11 is 0. The molecule has 0 spiro atoms. The van der Waals surface area contributed by atoms with Crippen molar-refractivity contribution in [2.75, 3.05) is 0 Å². The lowest BCUT2D eigenvalue weighted by Crippen LogP contribution is -2.42. The Kier molecular flexibility index (Phi) is 3.38. The van der Waals surface area contributed by atoms with E-state index >= 15 is 0 Å². The van der Waals surface area contributed by atoms with E-state index in [0.29, 0.717) is 5.19 Å². The zero-order chi connectivity index (χ0) is 13.4. The third-order valence-corrected chi connectivity index (χ3v) is 4.42. The van der Waals surface area contributed by atoms with E-state index in [2.05, 4.69) is 0 Å². The van der Waals surface area contributed by atoms with Gasteiger partial charge in [-0.05, 0) is 23.4 Å². The molecule has 0 bridgehead atoms. The second-order valence-corrected chi connectivity index (χ2v) is 9.85. The van der Waals surface area contributed by atoms with E-state index in [-0.39, 0.29) is 5.56 Å². The van der Waals surface area contributed by atoms with Crippen LogP contribution in [0.1, 0.15) is 15.9 Å². The lowest BCUT2D eigenvalue weighted by atomic mass is 10.1. The maximum Gasteiger partial charge on any atom is 0.416 e. The Morgan fingerprint density at radius 2 is 1.76 bits per heavy atom. The first kappa shape index (κ1) is 13.8. The highest BCUT2D eigenvalue weighted by atomic mass is 28.3. The van der Waals surface area contributed by atoms with E-state index < -0.39 is 25.8 Å². The summed E-state index contributed by atoms with van der Waals surface area (Å²) in [6.45, 7) is 5.44. The number of hydrogen-bond acceptors (Lipinski definition) is 1. The maximum absolute atomic E-state index is 12.6. The molecule has 1 N–H and O–H groups in total. The van der Waals surface area contributed by atoms with Gasteiger partial charge in [0.25, 0.3) is 0 Å². The molecule has 0 atom stereocenters. The van der Waals surface area contributed by atoms with Crippen molar-refractivity contribution in [3.63, 3.8) is 0 Å². The summed E-state index contributed by atoms with van der Waals surface area (Å²) in [5, 5.41) is 9.28. The molecule has 1 aromatic carbocycles. The van der Waals surface area contributed by atoms with E-state index in [1.807, 2.05) is 19.6 Å². The van der Waals surface area contributed by atoms with Crippen LogP contribution in [0.4, 0.5) is 13.2 Å². The van der Waals surface area contributed by atoms with E-state index in [0.717, 1.165) is 18.2 Å². The molecule has 2 nitrogen and oxygen atoms in total. The van der Waals surface area contributed by atoms with E-state index in [9.17, 15) is 18.0 Å². The molecule has 1 rings (SSSR count). The molecule has 0 saturated carbocycles. The lowest BCUT2D eigenvalue weighted by molar-refractivity contribution is -0.137. The molecule has 0 aliphatic rings. The van der Waals surface area contributed by atoms with Gasteiger partial charge in [0.1, 0.15) is 0 Å². The summed E-state index contributed by atoms with van der Waals surface area (Å²) in [6.07, 6.45) is -4.44. The highest BCUT2D eigenvalue weighted by Crippen LogP contribution is 2.29. The van der Waals surface area contributed by atoms with Gasteiger partial charge in [-0.15, -0.1) is 0 Å². The molecule has 0 heterocycles. The molecule has 0 radical (unpaired) electrons. The average molecular weight is 262 g/mol. The third-order valence-electron chi connectivity index (χ3n) is 2.39. The van der Waals surface area contributed by atoms with Gasteiger partial charge in [-0.3, -0.25) is 0 Å². The third kappa shape index (κ3) is 3.09. The normalized spacial score (nSPS) is 12.6. The van der Waals surface area contributed by atoms with Gasteiger partial charge in [0.15, 0.2) is 0 Å². The van der Waals surface area contributed by atoms with Crippen molar-refractivity contribution in [1.82, 2.24) is 0 Å². The van der Waals surface area contributed by atoms with Crippen LogP contribution in [0.2, 0.25) is 19.6 Å². The van der Waals surface area contributed by atoms with Gasteiger partial charge < -0.3 is 5.11 Å². The number of carboxylic acid groups (broad SMARTS) is 1. The summed E-state index contributed by atoms with van der Waals surface area (Å²) < 4.78 is 37.7. The predicted octanol–water partition coefficient (Wildman–Crippen LogP) is 2.95. The number of benzene rings is 1. The summed E-state index contributed by atoms with van der Waals surface area (Å²) in [6, 6.07) is 2.82. The summed E-state index contributed by atoms with van der Waals surface area (Å²) in [5.41, 5.74) is -0.822. The Bertz CT molecular complexity index is 447. The molecule has 0 unspecified atom stereocenters. The standard InChI is InChI=1S/C11H13F3O2Si/c1-17(2,3)9-6-7(11(12,13)14)4-5-8(9)10(15)16/h4-6H,1-3H3,(H,15,16). The Labute approximate surface area is 98.1 Å². The van der Waals surface area contributed by atoms with E-state index in [1.54, 1.807) is 0 Å². The van der Waals surface area contributed by atoms with Crippen molar-refractivity contribution in [2.24, 2.45) is 0 Å². The second kappa shape index (κ2) is 4.18. The van der Waals surface area contributed by atoms with Gasteiger partial charge in [-0.2, -0.15) is 13.2 Å². The quantitative estimate of drug-likeness (QED) is 0.832. The van der Waals surface area contributed by atoms with Crippen molar-refractivity contribution in [3.05, 3.63) is 29.3 Å². The largest absolute Gasteiger partial charge is 0.478 e.